The van der Waals surface area contributed by atoms with Gasteiger partial charge in [-0.3, -0.25) is 9.59 Å². The van der Waals surface area contributed by atoms with Gasteiger partial charge in [0.2, 0.25) is 0 Å². The van der Waals surface area contributed by atoms with Gasteiger partial charge in [0.1, 0.15) is 13.1 Å². The zero-order chi connectivity index (χ0) is 34.3. The quantitative estimate of drug-likeness (QED) is 0.0312. The fourth-order valence-corrected chi connectivity index (χ4v) is 6.65. The van der Waals surface area contributed by atoms with Crippen molar-refractivity contribution < 1.29 is 23.5 Å². The number of carbonyl (C=O) groups excluding carboxylic acids is 2. The Morgan fingerprint density at radius 1 is 0.468 bits per heavy atom. The van der Waals surface area contributed by atoms with Crippen LogP contribution in [0.4, 0.5) is 0 Å². The molecule has 0 amide bonds. The molecule has 5 nitrogen and oxygen atoms in total. The molecule has 47 heavy (non-hydrogen) atoms. The van der Waals surface area contributed by atoms with Crippen molar-refractivity contribution in [1.29, 1.82) is 0 Å². The lowest BCUT2D eigenvalue weighted by molar-refractivity contribution is -0.880. The molecule has 0 bridgehead atoms. The highest BCUT2D eigenvalue weighted by molar-refractivity contribution is 5.70. The van der Waals surface area contributed by atoms with Gasteiger partial charge in [0.25, 0.3) is 0 Å². The van der Waals surface area contributed by atoms with Crippen LogP contribution in [0.25, 0.3) is 0 Å². The number of ether oxygens (including phenoxy) is 2. The minimum atomic E-state index is -0.335. The first-order chi connectivity index (χ1) is 22.9. The molecule has 0 saturated carbocycles. The van der Waals surface area contributed by atoms with Crippen LogP contribution in [-0.2, 0) is 19.1 Å². The molecule has 1 aliphatic rings. The third-order valence-corrected chi connectivity index (χ3v) is 9.61. The van der Waals surface area contributed by atoms with Gasteiger partial charge in [0.05, 0.1) is 14.1 Å². The Morgan fingerprint density at radius 3 is 1.06 bits per heavy atom. The zero-order valence-corrected chi connectivity index (χ0v) is 31.8. The van der Waals surface area contributed by atoms with Crippen molar-refractivity contribution in [2.45, 2.75) is 206 Å². The third kappa shape index (κ3) is 27.0. The Kier molecular flexibility index (Phi) is 28.1. The SMILES string of the molecule is CCCCCCCC/C=C\CCCCCCCC(=O)OC1C[N+](C)(C)CC1OC(=O)CCCCCCC/C=C\CCCCCCCC. The number of nitrogens with zero attached hydrogens (tertiary/aromatic N) is 1. The lowest BCUT2D eigenvalue weighted by Gasteiger charge is -2.22. The number of hydrogen-bond acceptors (Lipinski definition) is 4. The third-order valence-electron chi connectivity index (χ3n) is 9.61. The van der Waals surface area contributed by atoms with Crippen LogP contribution >= 0.6 is 0 Å². The Labute approximate surface area is 292 Å². The standard InChI is InChI=1S/C42H78NO4/c1-5-7-9-11-13-15-17-19-21-23-25-27-29-31-33-35-41(44)46-39-37-43(3,4)38-40(39)47-42(45)36-34-32-30-28-26-24-22-20-18-16-14-12-10-8-6-2/h19-22,39-40H,5-18,23-38H2,1-4H3/q+1/b21-19-,22-20-. The summed E-state index contributed by atoms with van der Waals surface area (Å²) in [5.41, 5.74) is 0. The van der Waals surface area contributed by atoms with Crippen molar-refractivity contribution in [1.82, 2.24) is 0 Å². The molecular weight excluding hydrogens is 582 g/mol. The van der Waals surface area contributed by atoms with Crippen molar-refractivity contribution in [3.63, 3.8) is 0 Å². The van der Waals surface area contributed by atoms with Gasteiger partial charge in [-0.05, 0) is 64.2 Å². The summed E-state index contributed by atoms with van der Waals surface area (Å²) in [4.78, 5) is 25.2. The highest BCUT2D eigenvalue weighted by atomic mass is 16.6. The Balaban J connectivity index is 2.07. The van der Waals surface area contributed by atoms with Gasteiger partial charge in [0, 0.05) is 12.8 Å². The second-order valence-electron chi connectivity index (χ2n) is 15.0. The molecule has 2 atom stereocenters. The predicted octanol–water partition coefficient (Wildman–Crippen LogP) is 12.0. The summed E-state index contributed by atoms with van der Waals surface area (Å²) in [6.45, 7) is 5.93. The molecule has 274 valence electrons. The molecular formula is C42H78NO4+. The Morgan fingerprint density at radius 2 is 0.745 bits per heavy atom. The largest absolute Gasteiger partial charge is 0.452 e. The molecule has 0 aromatic heterocycles. The van der Waals surface area contributed by atoms with Crippen molar-refractivity contribution in [3.05, 3.63) is 24.3 Å². The number of esters is 2. The van der Waals surface area contributed by atoms with E-state index in [9.17, 15) is 9.59 Å². The summed E-state index contributed by atoms with van der Waals surface area (Å²) in [5, 5.41) is 0. The molecule has 0 aliphatic carbocycles. The molecule has 0 aromatic carbocycles. The van der Waals surface area contributed by atoms with Gasteiger partial charge in [-0.1, -0.05) is 141 Å². The fourth-order valence-electron chi connectivity index (χ4n) is 6.65. The molecule has 0 aromatic rings. The summed E-state index contributed by atoms with van der Waals surface area (Å²) >= 11 is 0. The number of rotatable bonds is 32. The maximum absolute atomic E-state index is 12.6. The molecule has 1 rings (SSSR count). The molecule has 0 spiro atoms. The highest BCUT2D eigenvalue weighted by Crippen LogP contribution is 2.23. The molecule has 2 unspecified atom stereocenters. The normalized spacial score (nSPS) is 17.6. The van der Waals surface area contributed by atoms with E-state index in [1.54, 1.807) is 0 Å². The minimum Gasteiger partial charge on any atom is -0.452 e. The van der Waals surface area contributed by atoms with Gasteiger partial charge in [-0.15, -0.1) is 0 Å². The average Bonchev–Trinajstić information content (AvgIpc) is 3.32. The minimum absolute atomic E-state index is 0.146. The van der Waals surface area contributed by atoms with E-state index in [-0.39, 0.29) is 24.1 Å². The summed E-state index contributed by atoms with van der Waals surface area (Å²) in [6, 6.07) is 0. The van der Waals surface area contributed by atoms with Crippen molar-refractivity contribution >= 4 is 11.9 Å². The van der Waals surface area contributed by atoms with Crippen LogP contribution in [0, 0.1) is 0 Å². The van der Waals surface area contributed by atoms with Gasteiger partial charge in [-0.25, -0.2) is 0 Å². The van der Waals surface area contributed by atoms with Crippen molar-refractivity contribution in [2.75, 3.05) is 27.2 Å². The smallest absolute Gasteiger partial charge is 0.306 e. The zero-order valence-electron chi connectivity index (χ0n) is 31.8. The summed E-state index contributed by atoms with van der Waals surface area (Å²) in [7, 11) is 4.23. The molecule has 5 heteroatoms. The van der Waals surface area contributed by atoms with Crippen molar-refractivity contribution in [3.8, 4) is 0 Å². The van der Waals surface area contributed by atoms with Gasteiger partial charge < -0.3 is 14.0 Å². The van der Waals surface area contributed by atoms with Crippen LogP contribution in [-0.4, -0.2) is 55.8 Å². The number of likely N-dealkylation sites (N-methyl/N-ethyl adjacent to an activating group) is 1. The van der Waals surface area contributed by atoms with E-state index in [0.29, 0.717) is 30.4 Å². The number of unbranched alkanes of at least 4 members (excludes halogenated alkanes) is 22. The molecule has 1 saturated heterocycles. The van der Waals surface area contributed by atoms with E-state index in [4.69, 9.17) is 9.47 Å². The van der Waals surface area contributed by atoms with E-state index in [0.717, 1.165) is 25.7 Å². The maximum Gasteiger partial charge on any atom is 0.306 e. The predicted molar refractivity (Wildman–Crippen MR) is 201 cm³/mol. The van der Waals surface area contributed by atoms with Crippen LogP contribution in [0.15, 0.2) is 24.3 Å². The van der Waals surface area contributed by atoms with Crippen LogP contribution in [0.3, 0.4) is 0 Å². The topological polar surface area (TPSA) is 52.6 Å². The first-order valence-corrected chi connectivity index (χ1v) is 20.4. The number of quaternary nitrogens is 1. The van der Waals surface area contributed by atoms with E-state index >= 15 is 0 Å². The molecule has 1 heterocycles. The molecule has 0 radical (unpaired) electrons. The van der Waals surface area contributed by atoms with Crippen LogP contribution in [0.1, 0.15) is 194 Å². The fraction of sp³-hybridized carbons (Fsp3) is 0.857. The average molecular weight is 661 g/mol. The number of hydrogen-bond donors (Lipinski definition) is 0. The van der Waals surface area contributed by atoms with Crippen LogP contribution in [0.5, 0.6) is 0 Å². The highest BCUT2D eigenvalue weighted by Gasteiger charge is 2.45. The molecule has 1 aliphatic heterocycles. The lowest BCUT2D eigenvalue weighted by Crippen LogP contribution is -2.38. The van der Waals surface area contributed by atoms with E-state index < -0.39 is 0 Å². The van der Waals surface area contributed by atoms with E-state index in [1.165, 1.54) is 141 Å². The number of carbonyl (C=O) groups is 2. The van der Waals surface area contributed by atoms with Crippen LogP contribution in [0.2, 0.25) is 0 Å². The lowest BCUT2D eigenvalue weighted by atomic mass is 10.1. The van der Waals surface area contributed by atoms with E-state index in [2.05, 4.69) is 52.2 Å². The van der Waals surface area contributed by atoms with Crippen LogP contribution < -0.4 is 0 Å². The monoisotopic (exact) mass is 661 g/mol. The van der Waals surface area contributed by atoms with Gasteiger partial charge >= 0.3 is 11.9 Å². The summed E-state index contributed by atoms with van der Waals surface area (Å²) in [6.07, 6.45) is 42.0. The second-order valence-corrected chi connectivity index (χ2v) is 15.0. The Hall–Kier alpha value is -1.62. The summed E-state index contributed by atoms with van der Waals surface area (Å²) in [5.74, 6) is -0.291. The first-order valence-electron chi connectivity index (χ1n) is 20.4. The van der Waals surface area contributed by atoms with Gasteiger partial charge in [0.15, 0.2) is 12.2 Å². The first kappa shape index (κ1) is 43.4. The Bertz CT molecular complexity index is 740. The van der Waals surface area contributed by atoms with E-state index in [1.807, 2.05) is 0 Å². The number of allylic oxidation sites excluding steroid dienone is 4. The van der Waals surface area contributed by atoms with Gasteiger partial charge in [-0.2, -0.15) is 0 Å². The maximum atomic E-state index is 12.6. The number of likely N-dealkylation sites (tertiary alicyclic amines) is 1. The summed E-state index contributed by atoms with van der Waals surface area (Å²) < 4.78 is 12.4. The molecule has 0 N–H and O–H groups in total. The second kappa shape index (κ2) is 30.4. The molecule has 1 fully saturated rings. The van der Waals surface area contributed by atoms with Crippen molar-refractivity contribution in [2.24, 2.45) is 0 Å².